The summed E-state index contributed by atoms with van der Waals surface area (Å²) >= 11 is 0. The predicted molar refractivity (Wildman–Crippen MR) is 92.8 cm³/mol. The molecule has 0 bridgehead atoms. The number of nitrogens with zero attached hydrogens (tertiary/aromatic N) is 5. The van der Waals surface area contributed by atoms with Crippen molar-refractivity contribution in [3.8, 4) is 0 Å². The van der Waals surface area contributed by atoms with Crippen LogP contribution in [0.1, 0.15) is 18.4 Å². The van der Waals surface area contributed by atoms with Crippen molar-refractivity contribution in [1.82, 2.24) is 24.2 Å². The second kappa shape index (κ2) is 6.16. The molecule has 1 aliphatic carbocycles. The first-order chi connectivity index (χ1) is 12.1. The van der Waals surface area contributed by atoms with Gasteiger partial charge in [0.2, 0.25) is 5.91 Å². The van der Waals surface area contributed by atoms with Crippen molar-refractivity contribution in [2.24, 2.45) is 7.05 Å². The quantitative estimate of drug-likeness (QED) is 0.704. The summed E-state index contributed by atoms with van der Waals surface area (Å²) in [6.45, 7) is 0.571. The first-order valence-electron chi connectivity index (χ1n) is 8.34. The molecule has 7 heteroatoms. The summed E-state index contributed by atoms with van der Waals surface area (Å²) in [5.41, 5.74) is 1.38. The van der Waals surface area contributed by atoms with Gasteiger partial charge in [0.05, 0.1) is 6.20 Å². The molecular formula is C18H19N5O2. The maximum atomic E-state index is 12.8. The Morgan fingerprint density at radius 3 is 2.76 bits per heavy atom. The van der Waals surface area contributed by atoms with Crippen molar-refractivity contribution in [2.75, 3.05) is 0 Å². The Morgan fingerprint density at radius 1 is 1.28 bits per heavy atom. The number of carbonyl (C=O) groups is 1. The molecule has 1 saturated carbocycles. The van der Waals surface area contributed by atoms with Crippen molar-refractivity contribution in [2.45, 2.75) is 32.0 Å². The molecule has 7 nitrogen and oxygen atoms in total. The highest BCUT2D eigenvalue weighted by atomic mass is 16.2. The number of benzene rings is 1. The summed E-state index contributed by atoms with van der Waals surface area (Å²) in [7, 11) is 1.74. The Bertz CT molecular complexity index is 972. The summed E-state index contributed by atoms with van der Waals surface area (Å²) in [6, 6.07) is 10.2. The Kier molecular flexibility index (Phi) is 3.83. The molecule has 0 aliphatic heterocycles. The van der Waals surface area contributed by atoms with Crippen LogP contribution < -0.4 is 5.56 Å². The molecule has 0 spiro atoms. The van der Waals surface area contributed by atoms with E-state index in [1.54, 1.807) is 11.7 Å². The highest BCUT2D eigenvalue weighted by Crippen LogP contribution is 2.28. The largest absolute Gasteiger partial charge is 0.334 e. The average molecular weight is 337 g/mol. The molecule has 1 fully saturated rings. The zero-order chi connectivity index (χ0) is 17.4. The number of carbonyl (C=O) groups excluding carboxylic acids is 1. The van der Waals surface area contributed by atoms with Crippen molar-refractivity contribution in [3.63, 3.8) is 0 Å². The van der Waals surface area contributed by atoms with Gasteiger partial charge in [-0.25, -0.2) is 4.98 Å². The second-order valence-corrected chi connectivity index (χ2v) is 6.42. The Hall–Kier alpha value is -2.96. The molecule has 1 amide bonds. The molecule has 2 heterocycles. The number of rotatable bonds is 5. The molecule has 0 N–H and O–H groups in total. The van der Waals surface area contributed by atoms with Gasteiger partial charge in [-0.15, -0.1) is 0 Å². The normalized spacial score (nSPS) is 14.0. The molecule has 0 atom stereocenters. The third-order valence-electron chi connectivity index (χ3n) is 4.53. The van der Waals surface area contributed by atoms with E-state index in [0.29, 0.717) is 17.6 Å². The number of fused-ring (bicyclic) bond motifs is 1. The van der Waals surface area contributed by atoms with Gasteiger partial charge in [-0.3, -0.25) is 18.8 Å². The van der Waals surface area contributed by atoms with Crippen molar-refractivity contribution in [3.05, 3.63) is 58.8 Å². The summed E-state index contributed by atoms with van der Waals surface area (Å²) in [6.07, 6.45) is 4.97. The summed E-state index contributed by atoms with van der Waals surface area (Å²) < 4.78 is 2.92. The minimum absolute atomic E-state index is 0.00000118. The number of hydrogen-bond donors (Lipinski definition) is 0. The molecule has 4 rings (SSSR count). The fourth-order valence-electron chi connectivity index (χ4n) is 3.00. The minimum Gasteiger partial charge on any atom is -0.334 e. The van der Waals surface area contributed by atoms with Crippen molar-refractivity contribution >= 4 is 16.9 Å². The fourth-order valence-corrected chi connectivity index (χ4v) is 3.00. The smallest absolute Gasteiger partial charge is 0.264 e. The number of aromatic nitrogens is 4. The van der Waals surface area contributed by atoms with Crippen LogP contribution in [0.5, 0.6) is 0 Å². The van der Waals surface area contributed by atoms with E-state index in [4.69, 9.17) is 0 Å². The van der Waals surface area contributed by atoms with Crippen molar-refractivity contribution in [1.29, 1.82) is 0 Å². The van der Waals surface area contributed by atoms with Gasteiger partial charge < -0.3 is 4.90 Å². The van der Waals surface area contributed by atoms with Crippen LogP contribution in [0.2, 0.25) is 0 Å². The molecule has 1 aliphatic rings. The lowest BCUT2D eigenvalue weighted by Gasteiger charge is -2.23. The van der Waals surface area contributed by atoms with Gasteiger partial charge in [-0.2, -0.15) is 5.10 Å². The molecular weight excluding hydrogens is 318 g/mol. The summed E-state index contributed by atoms with van der Waals surface area (Å²) in [4.78, 5) is 31.5. The fraction of sp³-hybridized carbons (Fsp3) is 0.333. The van der Waals surface area contributed by atoms with Gasteiger partial charge in [0.1, 0.15) is 18.3 Å². The Labute approximate surface area is 144 Å². The van der Waals surface area contributed by atoms with Gasteiger partial charge in [0.25, 0.3) is 5.56 Å². The molecule has 3 aromatic rings. The van der Waals surface area contributed by atoms with Crippen LogP contribution in [0.4, 0.5) is 0 Å². The van der Waals surface area contributed by atoms with Crippen LogP contribution in [0.25, 0.3) is 11.0 Å². The molecule has 0 saturated heterocycles. The third-order valence-corrected chi connectivity index (χ3v) is 4.53. The van der Waals surface area contributed by atoms with E-state index in [2.05, 4.69) is 10.1 Å². The van der Waals surface area contributed by atoms with Crippen LogP contribution in [-0.4, -0.2) is 36.2 Å². The van der Waals surface area contributed by atoms with Crippen LogP contribution in [-0.2, 0) is 24.9 Å². The number of aryl methyl sites for hydroxylation is 1. The van der Waals surface area contributed by atoms with Gasteiger partial charge in [0, 0.05) is 19.6 Å². The van der Waals surface area contributed by atoms with E-state index in [1.807, 2.05) is 35.2 Å². The molecule has 2 aromatic heterocycles. The van der Waals surface area contributed by atoms with Gasteiger partial charge in [-0.05, 0) is 18.4 Å². The monoisotopic (exact) mass is 337 g/mol. The summed E-state index contributed by atoms with van der Waals surface area (Å²) in [5, 5.41) is 4.48. The van der Waals surface area contributed by atoms with Crippen LogP contribution in [0.15, 0.2) is 47.7 Å². The van der Waals surface area contributed by atoms with E-state index in [-0.39, 0.29) is 24.1 Å². The SMILES string of the molecule is Cn1ncc2c(=O)n(CC(=O)N(Cc3ccccc3)C3CC3)cnc21. The average Bonchev–Trinajstić information content (AvgIpc) is 3.39. The number of amides is 1. The molecule has 128 valence electrons. The lowest BCUT2D eigenvalue weighted by molar-refractivity contribution is -0.133. The third kappa shape index (κ3) is 3.05. The van der Waals surface area contributed by atoms with Crippen LogP contribution >= 0.6 is 0 Å². The van der Waals surface area contributed by atoms with E-state index in [9.17, 15) is 9.59 Å². The lowest BCUT2D eigenvalue weighted by Crippen LogP contribution is -2.37. The van der Waals surface area contributed by atoms with E-state index < -0.39 is 0 Å². The first-order valence-corrected chi connectivity index (χ1v) is 8.34. The van der Waals surface area contributed by atoms with Gasteiger partial charge in [0.15, 0.2) is 5.65 Å². The first kappa shape index (κ1) is 15.6. The lowest BCUT2D eigenvalue weighted by atomic mass is 10.2. The zero-order valence-corrected chi connectivity index (χ0v) is 14.0. The van der Waals surface area contributed by atoms with E-state index >= 15 is 0 Å². The molecule has 0 radical (unpaired) electrons. The number of hydrogen-bond acceptors (Lipinski definition) is 4. The highest BCUT2D eigenvalue weighted by Gasteiger charge is 2.32. The summed E-state index contributed by atoms with van der Waals surface area (Å²) in [5.74, 6) is -0.0570. The topological polar surface area (TPSA) is 73.0 Å². The van der Waals surface area contributed by atoms with E-state index in [0.717, 1.165) is 18.4 Å². The molecule has 25 heavy (non-hydrogen) atoms. The maximum Gasteiger partial charge on any atom is 0.264 e. The van der Waals surface area contributed by atoms with E-state index in [1.165, 1.54) is 17.1 Å². The maximum absolute atomic E-state index is 12.8. The standard InChI is InChI=1S/C18H19N5O2/c1-21-17-15(9-20-21)18(25)22(12-19-17)11-16(24)23(14-7-8-14)10-13-5-3-2-4-6-13/h2-6,9,12,14H,7-8,10-11H2,1H3. The Morgan fingerprint density at radius 2 is 2.04 bits per heavy atom. The molecule has 1 aromatic carbocycles. The van der Waals surface area contributed by atoms with Gasteiger partial charge >= 0.3 is 0 Å². The van der Waals surface area contributed by atoms with Crippen LogP contribution in [0, 0.1) is 0 Å². The second-order valence-electron chi connectivity index (χ2n) is 6.42. The van der Waals surface area contributed by atoms with Gasteiger partial charge in [-0.1, -0.05) is 30.3 Å². The van der Waals surface area contributed by atoms with Crippen molar-refractivity contribution < 1.29 is 4.79 Å². The minimum atomic E-state index is -0.234. The highest BCUT2D eigenvalue weighted by molar-refractivity contribution is 5.78. The molecule has 0 unspecified atom stereocenters. The van der Waals surface area contributed by atoms with Crippen LogP contribution in [0.3, 0.4) is 0 Å². The predicted octanol–water partition coefficient (Wildman–Crippen LogP) is 1.32. The zero-order valence-electron chi connectivity index (χ0n) is 14.0. The Balaban J connectivity index is 1.57.